The topological polar surface area (TPSA) is 50.9 Å². The number of aryl methyl sites for hydroxylation is 3. The predicted octanol–water partition coefficient (Wildman–Crippen LogP) is 15.3. The fourth-order valence-electron chi connectivity index (χ4n) is 8.73. The maximum absolute atomic E-state index is 11.8. The molecule has 0 saturated heterocycles. The van der Waals surface area contributed by atoms with Crippen LogP contribution in [0.4, 0.5) is 0 Å². The number of pyridine rings is 1. The molecule has 2 heterocycles. The Labute approximate surface area is 388 Å². The summed E-state index contributed by atoms with van der Waals surface area (Å²) in [6.45, 7) is 16.7. The Hall–Kier alpha value is -6.35. The molecule has 5 heteroatoms. The Kier molecular flexibility index (Phi) is 11.6. The van der Waals surface area contributed by atoms with Crippen LogP contribution in [0.3, 0.4) is 0 Å². The Bertz CT molecular complexity index is 3170. The van der Waals surface area contributed by atoms with Crippen LogP contribution in [-0.2, 0) is 26.5 Å². The zero-order valence-electron chi connectivity index (χ0n) is 38.1. The second kappa shape index (κ2) is 17.4. The molecule has 0 radical (unpaired) electrons. The number of rotatable bonds is 8. The molecule has 0 amide bonds. The molecule has 4 nitrogen and oxygen atoms in total. The van der Waals surface area contributed by atoms with E-state index in [1.165, 1.54) is 11.1 Å². The van der Waals surface area contributed by atoms with Crippen LogP contribution in [0.1, 0.15) is 69.7 Å². The maximum Gasteiger partial charge on any atom is 0.148 e. The summed E-state index contributed by atoms with van der Waals surface area (Å²) in [5.74, 6) is -0.131. The van der Waals surface area contributed by atoms with Crippen LogP contribution in [-0.4, -0.2) is 19.6 Å². The molecule has 2 aromatic heterocycles. The van der Waals surface area contributed by atoms with Gasteiger partial charge in [0.15, 0.2) is 0 Å². The molecular weight excluding hydrogens is 950 g/mol. The van der Waals surface area contributed by atoms with Gasteiger partial charge in [0.25, 0.3) is 0 Å². The van der Waals surface area contributed by atoms with Crippen LogP contribution < -0.4 is 0 Å². The van der Waals surface area contributed by atoms with Crippen LogP contribution in [0.5, 0.6) is 5.75 Å². The first-order valence-corrected chi connectivity index (χ1v) is 21.4. The summed E-state index contributed by atoms with van der Waals surface area (Å²) in [7, 11) is 0. The number of aromatic nitrogens is 3. The van der Waals surface area contributed by atoms with E-state index in [1.807, 2.05) is 52.1 Å². The smallest absolute Gasteiger partial charge is 0.148 e. The van der Waals surface area contributed by atoms with Crippen LogP contribution in [0, 0.1) is 26.8 Å². The first kappa shape index (κ1) is 42.0. The van der Waals surface area contributed by atoms with Gasteiger partial charge in [-0.25, -0.2) is 4.98 Å². The quantitative estimate of drug-likeness (QED) is 0.154. The maximum atomic E-state index is 11.8. The van der Waals surface area contributed by atoms with E-state index in [2.05, 4.69) is 172 Å². The summed E-state index contributed by atoms with van der Waals surface area (Å²) in [6, 6.07) is 56.6. The zero-order valence-corrected chi connectivity index (χ0v) is 39.4. The van der Waals surface area contributed by atoms with E-state index in [9.17, 15) is 6.48 Å². The van der Waals surface area contributed by atoms with Gasteiger partial charge in [0.05, 0.1) is 16.6 Å². The summed E-state index contributed by atoms with van der Waals surface area (Å²) in [6.07, 6.45) is 1.87. The van der Waals surface area contributed by atoms with Gasteiger partial charge in [0.2, 0.25) is 0 Å². The minimum atomic E-state index is -0.936. The summed E-state index contributed by atoms with van der Waals surface area (Å²) in [5, 5.41) is 11.8. The third-order valence-electron chi connectivity index (χ3n) is 11.9. The molecule has 9 aromatic rings. The summed E-state index contributed by atoms with van der Waals surface area (Å²) in [4.78, 5) is 10.4. The van der Waals surface area contributed by atoms with Crippen molar-refractivity contribution in [2.45, 2.75) is 66.7 Å². The summed E-state index contributed by atoms with van der Waals surface area (Å²) >= 11 is 0. The molecule has 63 heavy (non-hydrogen) atoms. The van der Waals surface area contributed by atoms with Crippen molar-refractivity contribution in [2.75, 3.05) is 0 Å². The minimum Gasteiger partial charge on any atom is -0.507 e. The predicted molar refractivity (Wildman–Crippen MR) is 259 cm³/mol. The molecule has 0 atom stereocenters. The molecule has 0 spiro atoms. The van der Waals surface area contributed by atoms with Crippen molar-refractivity contribution in [2.24, 2.45) is 0 Å². The number of phenolic OH excluding ortho intramolecular Hbond substituents is 1. The van der Waals surface area contributed by atoms with Crippen molar-refractivity contribution in [3.63, 3.8) is 0 Å². The number of phenols is 1. The molecule has 0 aliphatic carbocycles. The second-order valence-electron chi connectivity index (χ2n) is 17.8. The van der Waals surface area contributed by atoms with Crippen molar-refractivity contribution < 1.29 is 27.5 Å². The van der Waals surface area contributed by atoms with Crippen molar-refractivity contribution >= 4 is 11.0 Å². The number of benzene rings is 7. The minimum absolute atomic E-state index is 0. The molecule has 316 valence electrons. The number of para-hydroxylation sites is 1. The van der Waals surface area contributed by atoms with Crippen LogP contribution in [0.25, 0.3) is 83.9 Å². The number of aromatic hydroxyl groups is 1. The largest absolute Gasteiger partial charge is 0.507 e. The summed E-state index contributed by atoms with van der Waals surface area (Å²) < 4.78 is 11.7. The van der Waals surface area contributed by atoms with Crippen molar-refractivity contribution in [3.05, 3.63) is 192 Å². The molecule has 0 fully saturated rings. The van der Waals surface area contributed by atoms with Gasteiger partial charge in [0.1, 0.15) is 11.6 Å². The van der Waals surface area contributed by atoms with Gasteiger partial charge in [-0.2, -0.15) is 0 Å². The van der Waals surface area contributed by atoms with Gasteiger partial charge < -0.3 is 5.11 Å². The third kappa shape index (κ3) is 8.45. The Morgan fingerprint density at radius 1 is 0.619 bits per heavy atom. The summed E-state index contributed by atoms with van der Waals surface area (Å²) in [5.41, 5.74) is 18.2. The van der Waals surface area contributed by atoms with Crippen LogP contribution in [0.15, 0.2) is 158 Å². The zero-order chi connectivity index (χ0) is 44.2. The van der Waals surface area contributed by atoms with Gasteiger partial charge in [-0.15, -0.1) is 23.8 Å². The molecule has 0 saturated carbocycles. The number of fused-ring (bicyclic) bond motifs is 1. The molecule has 7 aromatic carbocycles. The Morgan fingerprint density at radius 3 is 2.06 bits per heavy atom. The second-order valence-corrected chi connectivity index (χ2v) is 17.8. The molecule has 0 bridgehead atoms. The van der Waals surface area contributed by atoms with Gasteiger partial charge in [-0.05, 0) is 112 Å². The Morgan fingerprint density at radius 2 is 1.32 bits per heavy atom. The van der Waals surface area contributed by atoms with E-state index in [-0.39, 0.29) is 32.2 Å². The van der Waals surface area contributed by atoms with E-state index in [0.29, 0.717) is 11.4 Å². The fraction of sp³-hybridized carbons (Fsp3) is 0.172. The van der Waals surface area contributed by atoms with Gasteiger partial charge in [0, 0.05) is 40.0 Å². The Balaban J connectivity index is 0.00000560. The van der Waals surface area contributed by atoms with E-state index in [4.69, 9.17) is 9.97 Å². The average molecular weight is 1000 g/mol. The number of hydrogen-bond acceptors (Lipinski definition) is 3. The first-order valence-electron chi connectivity index (χ1n) is 21.9. The SMILES string of the molecule is [2H]C(C)(C)c1cc(-n2c(-c3cc(C)cc(C)c3O)nc3c(-c4[c-]c(-c5cc(-c6ccc(C)cc6)ccn5)cc(-c5ccccc5)c4)cccc32)ccc1-c1ccccc1C(C)(C)C.[Pt]. The molecule has 0 unspecified atom stereocenters. The van der Waals surface area contributed by atoms with Gasteiger partial charge >= 0.3 is 0 Å². The first-order chi connectivity index (χ1) is 30.1. The number of nitrogens with zero attached hydrogens (tertiary/aromatic N) is 3. The molecule has 1 N–H and O–H groups in total. The van der Waals surface area contributed by atoms with Crippen molar-refractivity contribution in [1.82, 2.24) is 14.5 Å². The van der Waals surface area contributed by atoms with E-state index in [1.54, 1.807) is 0 Å². The molecule has 9 rings (SSSR count). The van der Waals surface area contributed by atoms with Crippen molar-refractivity contribution in [3.8, 4) is 78.6 Å². The van der Waals surface area contributed by atoms with Crippen LogP contribution in [0.2, 0.25) is 0 Å². The third-order valence-corrected chi connectivity index (χ3v) is 11.9. The van der Waals surface area contributed by atoms with Crippen molar-refractivity contribution in [1.29, 1.82) is 0 Å². The van der Waals surface area contributed by atoms with E-state index < -0.39 is 5.89 Å². The van der Waals surface area contributed by atoms with E-state index in [0.717, 1.165) is 89.2 Å². The number of hydrogen-bond donors (Lipinski definition) is 1. The van der Waals surface area contributed by atoms with Crippen LogP contribution >= 0.6 is 0 Å². The molecule has 0 aliphatic heterocycles. The molecular formula is C58H52N3OPt-. The average Bonchev–Trinajstić information content (AvgIpc) is 3.67. The standard InChI is InChI=1S/C58H52N3O.Pt/c1-36(2)50-35-46(25-26-48(50)49-17-12-13-19-52(49)58(6,7)8)61-54-20-14-18-47(55(54)60-57(61)51-30-38(4)29-39(5)56(51)62)44-31-43(40-15-10-9-11-16-40)32-45(33-44)53-34-42(27-28-59-53)41-23-21-37(3)22-24-41;/h9-32,34-36,62H,1-8H3;/q-1;/i36D;. The van der Waals surface area contributed by atoms with Gasteiger partial charge in [-0.3, -0.25) is 9.55 Å². The number of imidazole rings is 1. The molecule has 0 aliphatic rings. The van der Waals surface area contributed by atoms with E-state index >= 15 is 0 Å². The normalized spacial score (nSPS) is 12.0. The fourth-order valence-corrected chi connectivity index (χ4v) is 8.73. The van der Waals surface area contributed by atoms with Gasteiger partial charge in [-0.1, -0.05) is 166 Å². The monoisotopic (exact) mass is 1000 g/mol.